The van der Waals surface area contributed by atoms with E-state index in [2.05, 4.69) is 21.8 Å². The van der Waals surface area contributed by atoms with Crippen molar-refractivity contribution < 1.29 is 9.18 Å². The summed E-state index contributed by atoms with van der Waals surface area (Å²) in [5.41, 5.74) is 2.30. The topological polar surface area (TPSA) is 39.7 Å². The summed E-state index contributed by atoms with van der Waals surface area (Å²) in [6.07, 6.45) is 2.45. The van der Waals surface area contributed by atoms with Gasteiger partial charge in [-0.2, -0.15) is 0 Å². The number of piperazine rings is 1. The molecule has 0 atom stereocenters. The molecule has 130 valence electrons. The van der Waals surface area contributed by atoms with Crippen LogP contribution in [0.15, 0.2) is 36.5 Å². The van der Waals surface area contributed by atoms with Crippen LogP contribution in [0.3, 0.4) is 0 Å². The summed E-state index contributed by atoms with van der Waals surface area (Å²) in [5, 5.41) is 0. The molecule has 3 heterocycles. The molecule has 0 unspecified atom stereocenters. The smallest absolute Gasteiger partial charge is 0.258 e. The summed E-state index contributed by atoms with van der Waals surface area (Å²) >= 11 is 0. The second kappa shape index (κ2) is 6.44. The van der Waals surface area contributed by atoms with Crippen molar-refractivity contribution in [2.24, 2.45) is 0 Å². The fraction of sp³-hybridized carbons (Fsp3) is 0.368. The molecule has 0 saturated carbocycles. The van der Waals surface area contributed by atoms with Crippen LogP contribution in [0.1, 0.15) is 15.9 Å². The number of halogens is 1. The lowest BCUT2D eigenvalue weighted by molar-refractivity contribution is 0.0989. The van der Waals surface area contributed by atoms with E-state index in [0.717, 1.165) is 44.0 Å². The fourth-order valence-electron chi connectivity index (χ4n) is 3.48. The maximum Gasteiger partial charge on any atom is 0.258 e. The van der Waals surface area contributed by atoms with E-state index in [9.17, 15) is 9.18 Å². The number of aromatic nitrogens is 1. The van der Waals surface area contributed by atoms with Crippen LogP contribution in [-0.4, -0.2) is 55.6 Å². The summed E-state index contributed by atoms with van der Waals surface area (Å²) in [6, 6.07) is 8.25. The van der Waals surface area contributed by atoms with Crippen molar-refractivity contribution >= 4 is 17.4 Å². The average Bonchev–Trinajstić information content (AvgIpc) is 3.05. The van der Waals surface area contributed by atoms with Crippen molar-refractivity contribution in [3.05, 3.63) is 53.5 Å². The molecule has 2 aliphatic rings. The van der Waals surface area contributed by atoms with E-state index >= 15 is 0 Å². The highest BCUT2D eigenvalue weighted by Crippen LogP contribution is 2.30. The molecule has 1 saturated heterocycles. The van der Waals surface area contributed by atoms with E-state index in [0.29, 0.717) is 17.8 Å². The fourth-order valence-corrected chi connectivity index (χ4v) is 3.48. The van der Waals surface area contributed by atoms with E-state index in [1.807, 2.05) is 6.07 Å². The van der Waals surface area contributed by atoms with E-state index < -0.39 is 0 Å². The molecule has 1 aromatic carbocycles. The van der Waals surface area contributed by atoms with Gasteiger partial charge < -0.3 is 14.7 Å². The van der Waals surface area contributed by atoms with Gasteiger partial charge in [-0.25, -0.2) is 9.37 Å². The molecule has 2 aromatic rings. The highest BCUT2D eigenvalue weighted by atomic mass is 19.1. The molecule has 4 rings (SSSR count). The van der Waals surface area contributed by atoms with Gasteiger partial charge in [0, 0.05) is 44.5 Å². The Morgan fingerprint density at radius 1 is 1.08 bits per heavy atom. The number of amides is 1. The molecule has 0 spiro atoms. The molecule has 0 radical (unpaired) electrons. The Hall–Kier alpha value is -2.47. The number of hydrogen-bond acceptors (Lipinski definition) is 4. The molecule has 1 fully saturated rings. The maximum atomic E-state index is 13.6. The van der Waals surface area contributed by atoms with Gasteiger partial charge in [0.25, 0.3) is 5.91 Å². The molecule has 1 amide bonds. The number of fused-ring (bicyclic) bond motifs is 1. The van der Waals surface area contributed by atoms with E-state index in [1.54, 1.807) is 23.2 Å². The van der Waals surface area contributed by atoms with E-state index in [1.165, 1.54) is 12.1 Å². The number of hydrogen-bond donors (Lipinski definition) is 0. The van der Waals surface area contributed by atoms with Crippen molar-refractivity contribution in [2.45, 2.75) is 6.42 Å². The molecule has 5 nitrogen and oxygen atoms in total. The number of anilines is 2. The summed E-state index contributed by atoms with van der Waals surface area (Å²) < 4.78 is 13.6. The van der Waals surface area contributed by atoms with Gasteiger partial charge in [-0.05, 0) is 43.3 Å². The number of carbonyl (C=O) groups excluding carboxylic acids is 1. The molecule has 25 heavy (non-hydrogen) atoms. The summed E-state index contributed by atoms with van der Waals surface area (Å²) in [4.78, 5) is 23.5. The van der Waals surface area contributed by atoms with Gasteiger partial charge in [0.05, 0.1) is 5.69 Å². The second-order valence-electron chi connectivity index (χ2n) is 6.67. The number of carbonyl (C=O) groups is 1. The number of nitrogens with zero attached hydrogens (tertiary/aromatic N) is 4. The van der Waals surface area contributed by atoms with E-state index in [-0.39, 0.29) is 11.7 Å². The first-order valence-electron chi connectivity index (χ1n) is 8.62. The van der Waals surface area contributed by atoms with Crippen molar-refractivity contribution in [2.75, 3.05) is 49.6 Å². The standard InChI is InChI=1S/C19H21FN4O/c1-22-8-10-23(11-9-22)18-12-15(4-6-21-18)19(25)24-7-5-14-2-3-16(20)13-17(14)24/h2-4,6,12-13H,5,7-11H2,1H3. The van der Waals surface area contributed by atoms with Crippen molar-refractivity contribution in [1.82, 2.24) is 9.88 Å². The zero-order valence-electron chi connectivity index (χ0n) is 14.3. The Labute approximate surface area is 146 Å². The van der Waals surface area contributed by atoms with Gasteiger partial charge in [-0.15, -0.1) is 0 Å². The highest BCUT2D eigenvalue weighted by Gasteiger charge is 2.26. The van der Waals surface area contributed by atoms with E-state index in [4.69, 9.17) is 0 Å². The average molecular weight is 340 g/mol. The Morgan fingerprint density at radius 2 is 1.88 bits per heavy atom. The monoisotopic (exact) mass is 340 g/mol. The predicted octanol–water partition coefficient (Wildman–Crippen LogP) is 2.18. The predicted molar refractivity (Wildman–Crippen MR) is 95.7 cm³/mol. The number of benzene rings is 1. The lowest BCUT2D eigenvalue weighted by Crippen LogP contribution is -2.44. The third kappa shape index (κ3) is 3.09. The van der Waals surface area contributed by atoms with Crippen LogP contribution in [0.4, 0.5) is 15.9 Å². The third-order valence-electron chi connectivity index (χ3n) is 5.01. The molecular weight excluding hydrogens is 319 g/mol. The molecule has 0 N–H and O–H groups in total. The first kappa shape index (κ1) is 16.0. The van der Waals surface area contributed by atoms with Gasteiger partial charge in [0.2, 0.25) is 0 Å². The Morgan fingerprint density at radius 3 is 2.68 bits per heavy atom. The lowest BCUT2D eigenvalue weighted by Gasteiger charge is -2.33. The van der Waals surface area contributed by atoms with Gasteiger partial charge in [-0.3, -0.25) is 4.79 Å². The molecule has 6 heteroatoms. The molecule has 0 bridgehead atoms. The molecule has 2 aliphatic heterocycles. The van der Waals surface area contributed by atoms with Crippen molar-refractivity contribution in [3.8, 4) is 0 Å². The van der Waals surface area contributed by atoms with Crippen LogP contribution in [0, 0.1) is 5.82 Å². The lowest BCUT2D eigenvalue weighted by atomic mass is 10.1. The minimum atomic E-state index is -0.314. The van der Waals surface area contributed by atoms with Gasteiger partial charge in [-0.1, -0.05) is 6.07 Å². The zero-order valence-corrected chi connectivity index (χ0v) is 14.3. The van der Waals surface area contributed by atoms with Crippen LogP contribution < -0.4 is 9.80 Å². The highest BCUT2D eigenvalue weighted by molar-refractivity contribution is 6.07. The van der Waals surface area contributed by atoms with Crippen LogP contribution >= 0.6 is 0 Å². The van der Waals surface area contributed by atoms with Crippen molar-refractivity contribution in [3.63, 3.8) is 0 Å². The van der Waals surface area contributed by atoms with Crippen LogP contribution in [0.25, 0.3) is 0 Å². The quantitative estimate of drug-likeness (QED) is 0.840. The van der Waals surface area contributed by atoms with Gasteiger partial charge in [0.1, 0.15) is 11.6 Å². The molecule has 0 aliphatic carbocycles. The van der Waals surface area contributed by atoms with Crippen LogP contribution in [0.5, 0.6) is 0 Å². The Balaban J connectivity index is 1.58. The summed E-state index contributed by atoms with van der Waals surface area (Å²) in [7, 11) is 2.11. The maximum absolute atomic E-state index is 13.6. The number of rotatable bonds is 2. The minimum Gasteiger partial charge on any atom is -0.354 e. The second-order valence-corrected chi connectivity index (χ2v) is 6.67. The number of likely N-dealkylation sites (N-methyl/N-ethyl adjacent to an activating group) is 1. The first-order chi connectivity index (χ1) is 12.1. The van der Waals surface area contributed by atoms with Gasteiger partial charge in [0.15, 0.2) is 0 Å². The Bertz CT molecular complexity index is 802. The SMILES string of the molecule is CN1CCN(c2cc(C(=O)N3CCc4ccc(F)cc43)ccn2)CC1. The summed E-state index contributed by atoms with van der Waals surface area (Å²) in [6.45, 7) is 4.36. The van der Waals surface area contributed by atoms with Crippen LogP contribution in [0.2, 0.25) is 0 Å². The third-order valence-corrected chi connectivity index (χ3v) is 5.01. The minimum absolute atomic E-state index is 0.0953. The Kier molecular flexibility index (Phi) is 4.13. The summed E-state index contributed by atoms with van der Waals surface area (Å²) in [5.74, 6) is 0.422. The van der Waals surface area contributed by atoms with Crippen LogP contribution in [-0.2, 0) is 6.42 Å². The largest absolute Gasteiger partial charge is 0.354 e. The molecular formula is C19H21FN4O. The van der Waals surface area contributed by atoms with Gasteiger partial charge >= 0.3 is 0 Å². The zero-order chi connectivity index (χ0) is 17.4. The van der Waals surface area contributed by atoms with Crippen molar-refractivity contribution in [1.29, 1.82) is 0 Å². The normalized spacial score (nSPS) is 17.7. The number of pyridine rings is 1. The first-order valence-corrected chi connectivity index (χ1v) is 8.62. The molecule has 1 aromatic heterocycles.